The van der Waals surface area contributed by atoms with Crippen LogP contribution in [0.5, 0.6) is 0 Å². The molecule has 0 N–H and O–H groups in total. The van der Waals surface area contributed by atoms with Crippen LogP contribution in [0.2, 0.25) is 0 Å². The Bertz CT molecular complexity index is 178. The van der Waals surface area contributed by atoms with Crippen molar-refractivity contribution in [2.75, 3.05) is 0 Å². The summed E-state index contributed by atoms with van der Waals surface area (Å²) in [6, 6.07) is 0. The topological polar surface area (TPSA) is 0 Å². The summed E-state index contributed by atoms with van der Waals surface area (Å²) in [5.41, 5.74) is 0. The lowest BCUT2D eigenvalue weighted by molar-refractivity contribution is -0.714. The van der Waals surface area contributed by atoms with Crippen molar-refractivity contribution < 1.29 is 4.48 Å². The number of hydrogen-bond donors (Lipinski definition) is 0. The highest BCUT2D eigenvalue weighted by molar-refractivity contribution is 4.90. The lowest BCUT2D eigenvalue weighted by Gasteiger charge is -2.20. The van der Waals surface area contributed by atoms with Crippen molar-refractivity contribution >= 4 is 0 Å². The highest BCUT2D eigenvalue weighted by Crippen LogP contribution is 2.13. The molecule has 0 unspecified atom stereocenters. The molecule has 0 spiro atoms. The predicted molar refractivity (Wildman–Crippen MR) is 59.5 cm³/mol. The molecular weight excluding hydrogens is 158 g/mol. The van der Waals surface area contributed by atoms with Gasteiger partial charge in [-0.25, -0.2) is 4.48 Å². The van der Waals surface area contributed by atoms with E-state index in [0.717, 1.165) is 0 Å². The third-order valence-electron chi connectivity index (χ3n) is 1.63. The van der Waals surface area contributed by atoms with Gasteiger partial charge in [-0.3, -0.25) is 0 Å². The van der Waals surface area contributed by atoms with Crippen LogP contribution in [0.25, 0.3) is 0 Å². The summed E-state index contributed by atoms with van der Waals surface area (Å²) in [4.78, 5) is 0. The molecule has 0 aromatic carbocycles. The average molecular weight is 178 g/mol. The molecule has 0 aromatic heterocycles. The maximum absolute atomic E-state index is 2.12. The zero-order chi connectivity index (χ0) is 10.2. The number of quaternary nitrogens is 1. The summed E-state index contributed by atoms with van der Waals surface area (Å²) in [5, 5.41) is 0. The molecule has 13 heavy (non-hydrogen) atoms. The third kappa shape index (κ3) is 3.90. The van der Waals surface area contributed by atoms with Crippen LogP contribution in [0.1, 0.15) is 27.7 Å². The van der Waals surface area contributed by atoms with Crippen molar-refractivity contribution in [2.24, 2.45) is 0 Å². The number of allylic oxidation sites excluding steroid dienone is 4. The van der Waals surface area contributed by atoms with Gasteiger partial charge in [0.05, 0.1) is 0 Å². The Morgan fingerprint density at radius 3 is 0.923 bits per heavy atom. The number of rotatable bonds is 4. The first-order valence-corrected chi connectivity index (χ1v) is 4.68. The van der Waals surface area contributed by atoms with Crippen molar-refractivity contribution in [3.8, 4) is 0 Å². The minimum absolute atomic E-state index is 0.653. The van der Waals surface area contributed by atoms with Crippen LogP contribution in [0.3, 0.4) is 0 Å². The molecule has 0 saturated heterocycles. The van der Waals surface area contributed by atoms with Gasteiger partial charge in [0.2, 0.25) is 0 Å². The molecule has 0 aliphatic rings. The monoisotopic (exact) mass is 178 g/mol. The Morgan fingerprint density at radius 1 is 0.538 bits per heavy atom. The van der Waals surface area contributed by atoms with E-state index in [1.54, 1.807) is 0 Å². The van der Waals surface area contributed by atoms with Gasteiger partial charge < -0.3 is 0 Å². The fraction of sp³-hybridized carbons (Fsp3) is 0.333. The van der Waals surface area contributed by atoms with Gasteiger partial charge in [0, 0.05) is 0 Å². The Morgan fingerprint density at radius 2 is 0.769 bits per heavy atom. The molecule has 0 fully saturated rings. The third-order valence-corrected chi connectivity index (χ3v) is 1.63. The molecule has 1 heteroatoms. The highest BCUT2D eigenvalue weighted by Gasteiger charge is 2.12. The van der Waals surface area contributed by atoms with E-state index in [1.165, 1.54) is 0 Å². The van der Waals surface area contributed by atoms with Crippen molar-refractivity contribution in [1.29, 1.82) is 0 Å². The van der Waals surface area contributed by atoms with Crippen LogP contribution in [0.15, 0.2) is 49.1 Å². The van der Waals surface area contributed by atoms with Crippen LogP contribution in [-0.2, 0) is 0 Å². The van der Waals surface area contributed by atoms with Gasteiger partial charge in [0.25, 0.3) is 0 Å². The van der Waals surface area contributed by atoms with Crippen molar-refractivity contribution in [1.82, 2.24) is 0 Å². The summed E-state index contributed by atoms with van der Waals surface area (Å²) in [6.07, 6.45) is 16.7. The van der Waals surface area contributed by atoms with Crippen molar-refractivity contribution in [3.05, 3.63) is 49.1 Å². The molecule has 72 valence electrons. The van der Waals surface area contributed by atoms with Gasteiger partial charge in [-0.05, 0) is 52.0 Å². The van der Waals surface area contributed by atoms with Gasteiger partial charge in [-0.1, -0.05) is 0 Å². The molecule has 0 aliphatic carbocycles. The average Bonchev–Trinajstić information content (AvgIpc) is 2.06. The van der Waals surface area contributed by atoms with E-state index in [2.05, 4.69) is 49.1 Å². The van der Waals surface area contributed by atoms with E-state index in [1.807, 2.05) is 27.7 Å². The Hall–Kier alpha value is -1.08. The Balaban J connectivity index is 5.02. The first kappa shape index (κ1) is 11.9. The van der Waals surface area contributed by atoms with E-state index >= 15 is 0 Å². The molecule has 0 bridgehead atoms. The van der Waals surface area contributed by atoms with E-state index in [4.69, 9.17) is 0 Å². The van der Waals surface area contributed by atoms with Gasteiger partial charge in [-0.2, -0.15) is 0 Å². The maximum Gasteiger partial charge on any atom is 0.105 e. The predicted octanol–water partition coefficient (Wildman–Crippen LogP) is 3.94. The minimum atomic E-state index is 0.653. The molecule has 0 saturated carbocycles. The van der Waals surface area contributed by atoms with Crippen molar-refractivity contribution in [2.45, 2.75) is 27.7 Å². The molecule has 0 atom stereocenters. The SMILES string of the molecule is CC=C[N+](C=CC)(C=CC)C=CC. The van der Waals surface area contributed by atoms with Gasteiger partial charge in [0.15, 0.2) is 0 Å². The zero-order valence-corrected chi connectivity index (χ0v) is 9.07. The molecule has 0 aromatic rings. The van der Waals surface area contributed by atoms with Crippen LogP contribution >= 0.6 is 0 Å². The number of nitrogens with zero attached hydrogens (tertiary/aromatic N) is 1. The van der Waals surface area contributed by atoms with E-state index in [9.17, 15) is 0 Å². The standard InChI is InChI=1S/C12H20N/c1-5-9-13(10-6-2,11-7-3)12-8-4/h5-12H,1-4H3/q+1. The summed E-state index contributed by atoms with van der Waals surface area (Å²) in [5.74, 6) is 0. The van der Waals surface area contributed by atoms with Crippen LogP contribution in [-0.4, -0.2) is 4.48 Å². The second-order valence-corrected chi connectivity index (χ2v) is 2.82. The van der Waals surface area contributed by atoms with Gasteiger partial charge >= 0.3 is 0 Å². The van der Waals surface area contributed by atoms with E-state index in [-0.39, 0.29) is 0 Å². The van der Waals surface area contributed by atoms with E-state index < -0.39 is 0 Å². The summed E-state index contributed by atoms with van der Waals surface area (Å²) in [6.45, 7) is 8.12. The second kappa shape index (κ2) is 6.44. The first-order valence-electron chi connectivity index (χ1n) is 4.68. The van der Waals surface area contributed by atoms with Gasteiger partial charge in [0.1, 0.15) is 24.8 Å². The smallest absolute Gasteiger partial charge is 0.105 e. The number of hydrogen-bond acceptors (Lipinski definition) is 0. The summed E-state index contributed by atoms with van der Waals surface area (Å²) in [7, 11) is 0. The van der Waals surface area contributed by atoms with Gasteiger partial charge in [-0.15, -0.1) is 0 Å². The second-order valence-electron chi connectivity index (χ2n) is 2.82. The Kier molecular flexibility index (Phi) is 5.90. The summed E-state index contributed by atoms with van der Waals surface area (Å²) >= 11 is 0. The molecular formula is C12H20N+. The minimum Gasteiger partial charge on any atom is -0.220 e. The Labute approximate surface area is 82.0 Å². The molecule has 0 rings (SSSR count). The lowest BCUT2D eigenvalue weighted by atomic mass is 10.4. The highest BCUT2D eigenvalue weighted by atomic mass is 15.3. The normalized spacial score (nSPS) is 18.2. The first-order chi connectivity index (χ1) is 6.24. The molecule has 0 heterocycles. The van der Waals surface area contributed by atoms with Crippen LogP contribution in [0.4, 0.5) is 0 Å². The quantitative estimate of drug-likeness (QED) is 0.572. The molecule has 0 radical (unpaired) electrons. The fourth-order valence-electron chi connectivity index (χ4n) is 1.33. The van der Waals surface area contributed by atoms with Crippen LogP contribution < -0.4 is 0 Å². The zero-order valence-electron chi connectivity index (χ0n) is 9.07. The van der Waals surface area contributed by atoms with Crippen LogP contribution in [0, 0.1) is 0 Å². The lowest BCUT2D eigenvalue weighted by Crippen LogP contribution is -2.22. The molecule has 0 amide bonds. The summed E-state index contributed by atoms with van der Waals surface area (Å²) < 4.78 is 0.653. The molecule has 1 nitrogen and oxygen atoms in total. The van der Waals surface area contributed by atoms with Crippen molar-refractivity contribution in [3.63, 3.8) is 0 Å². The largest absolute Gasteiger partial charge is 0.220 e. The molecule has 0 aliphatic heterocycles. The fourth-order valence-corrected chi connectivity index (χ4v) is 1.33. The maximum atomic E-state index is 2.12. The van der Waals surface area contributed by atoms with E-state index in [0.29, 0.717) is 4.48 Å².